The van der Waals surface area contributed by atoms with Crippen LogP contribution in [0.2, 0.25) is 0 Å². The number of ether oxygens (including phenoxy) is 1. The van der Waals surface area contributed by atoms with E-state index >= 15 is 0 Å². The van der Waals surface area contributed by atoms with E-state index in [1.165, 1.54) is 4.68 Å². The molecule has 0 aliphatic rings. The zero-order chi connectivity index (χ0) is 15.4. The Morgan fingerprint density at radius 2 is 2.00 bits per heavy atom. The summed E-state index contributed by atoms with van der Waals surface area (Å²) < 4.78 is 7.07. The zero-order valence-electron chi connectivity index (χ0n) is 12.3. The van der Waals surface area contributed by atoms with E-state index in [0.29, 0.717) is 16.7 Å². The Morgan fingerprint density at radius 3 is 2.57 bits per heavy atom. The number of anilines is 1. The first-order chi connectivity index (χ1) is 10.0. The minimum atomic E-state index is -0.135. The van der Waals surface area contributed by atoms with Gasteiger partial charge in [0.1, 0.15) is 10.2 Å². The number of rotatable bonds is 5. The summed E-state index contributed by atoms with van der Waals surface area (Å²) in [6, 6.07) is 7.79. The molecule has 0 bridgehead atoms. The number of nitrogens with one attached hydrogen (secondary N) is 1. The van der Waals surface area contributed by atoms with Crippen LogP contribution in [-0.2, 0) is 6.54 Å². The van der Waals surface area contributed by atoms with Gasteiger partial charge in [0.15, 0.2) is 0 Å². The Balaban J connectivity index is 2.13. The average molecular weight is 352 g/mol. The summed E-state index contributed by atoms with van der Waals surface area (Å²) >= 11 is 3.34. The third kappa shape index (κ3) is 3.64. The first-order valence-corrected chi connectivity index (χ1v) is 7.46. The first-order valence-electron chi connectivity index (χ1n) is 6.67. The summed E-state index contributed by atoms with van der Waals surface area (Å²) in [5, 5.41) is 7.38. The SMILES string of the molecule is COc1ccc(CNc2cnn(C(C)C)c(=O)c2Br)cc1. The zero-order valence-corrected chi connectivity index (χ0v) is 13.8. The molecule has 21 heavy (non-hydrogen) atoms. The van der Waals surface area contributed by atoms with Gasteiger partial charge in [0, 0.05) is 6.54 Å². The number of benzene rings is 1. The molecule has 2 rings (SSSR count). The number of aromatic nitrogens is 2. The molecule has 2 aromatic rings. The van der Waals surface area contributed by atoms with Crippen LogP contribution in [-0.4, -0.2) is 16.9 Å². The van der Waals surface area contributed by atoms with E-state index in [1.807, 2.05) is 38.1 Å². The molecule has 0 saturated carbocycles. The van der Waals surface area contributed by atoms with Crippen molar-refractivity contribution in [3.8, 4) is 5.75 Å². The Bertz CT molecular complexity index is 666. The second-order valence-corrected chi connectivity index (χ2v) is 5.71. The Morgan fingerprint density at radius 1 is 1.33 bits per heavy atom. The van der Waals surface area contributed by atoms with E-state index < -0.39 is 0 Å². The highest BCUT2D eigenvalue weighted by atomic mass is 79.9. The van der Waals surface area contributed by atoms with E-state index in [4.69, 9.17) is 4.74 Å². The number of halogens is 1. The van der Waals surface area contributed by atoms with Gasteiger partial charge < -0.3 is 10.1 Å². The molecule has 0 fully saturated rings. The summed E-state index contributed by atoms with van der Waals surface area (Å²) in [7, 11) is 1.64. The Hall–Kier alpha value is -1.82. The predicted octanol–water partition coefficient (Wildman–Crippen LogP) is 3.21. The highest BCUT2D eigenvalue weighted by Gasteiger charge is 2.10. The van der Waals surface area contributed by atoms with E-state index in [-0.39, 0.29) is 11.6 Å². The second-order valence-electron chi connectivity index (χ2n) is 4.92. The molecule has 0 unspecified atom stereocenters. The van der Waals surface area contributed by atoms with Gasteiger partial charge in [0.25, 0.3) is 5.56 Å². The van der Waals surface area contributed by atoms with Gasteiger partial charge in [-0.1, -0.05) is 12.1 Å². The lowest BCUT2D eigenvalue weighted by Gasteiger charge is -2.12. The third-order valence-corrected chi connectivity index (χ3v) is 3.84. The van der Waals surface area contributed by atoms with E-state index in [9.17, 15) is 4.79 Å². The Labute approximate surface area is 132 Å². The molecule has 1 aromatic carbocycles. The molecule has 1 aromatic heterocycles. The van der Waals surface area contributed by atoms with Gasteiger partial charge in [-0.25, -0.2) is 4.68 Å². The normalized spacial score (nSPS) is 10.7. The maximum absolute atomic E-state index is 12.1. The van der Waals surface area contributed by atoms with Gasteiger partial charge in [0.05, 0.1) is 25.0 Å². The van der Waals surface area contributed by atoms with Crippen molar-refractivity contribution >= 4 is 21.6 Å². The minimum absolute atomic E-state index is 0.0319. The first kappa shape index (κ1) is 15.6. The van der Waals surface area contributed by atoms with E-state index in [1.54, 1.807) is 13.3 Å². The molecular weight excluding hydrogens is 334 g/mol. The van der Waals surface area contributed by atoms with Crippen LogP contribution in [0.15, 0.2) is 39.7 Å². The predicted molar refractivity (Wildman–Crippen MR) is 86.9 cm³/mol. The molecule has 1 N–H and O–H groups in total. The maximum atomic E-state index is 12.1. The molecule has 112 valence electrons. The summed E-state index contributed by atoms with van der Waals surface area (Å²) in [5.41, 5.74) is 1.65. The van der Waals surface area contributed by atoms with Gasteiger partial charge in [-0.05, 0) is 47.5 Å². The van der Waals surface area contributed by atoms with Crippen LogP contribution in [0.5, 0.6) is 5.75 Å². The molecule has 0 radical (unpaired) electrons. The molecule has 0 saturated heterocycles. The van der Waals surface area contributed by atoms with Crippen molar-refractivity contribution in [3.05, 3.63) is 50.9 Å². The molecule has 6 heteroatoms. The number of methoxy groups -OCH3 is 1. The van der Waals surface area contributed by atoms with Crippen molar-refractivity contribution in [2.24, 2.45) is 0 Å². The van der Waals surface area contributed by atoms with Crippen molar-refractivity contribution in [3.63, 3.8) is 0 Å². The highest BCUT2D eigenvalue weighted by Crippen LogP contribution is 2.19. The van der Waals surface area contributed by atoms with Gasteiger partial charge in [-0.15, -0.1) is 0 Å². The van der Waals surface area contributed by atoms with Crippen molar-refractivity contribution in [1.82, 2.24) is 9.78 Å². The molecule has 5 nitrogen and oxygen atoms in total. The molecule has 0 atom stereocenters. The lowest BCUT2D eigenvalue weighted by atomic mass is 10.2. The van der Waals surface area contributed by atoms with E-state index in [2.05, 4.69) is 26.3 Å². The van der Waals surface area contributed by atoms with Crippen LogP contribution in [0, 0.1) is 0 Å². The van der Waals surface area contributed by atoms with Crippen molar-refractivity contribution in [1.29, 1.82) is 0 Å². The monoisotopic (exact) mass is 351 g/mol. The molecule has 0 spiro atoms. The molecule has 0 aliphatic carbocycles. The quantitative estimate of drug-likeness (QED) is 0.898. The van der Waals surface area contributed by atoms with Crippen LogP contribution in [0.3, 0.4) is 0 Å². The van der Waals surface area contributed by atoms with Crippen LogP contribution in [0.25, 0.3) is 0 Å². The van der Waals surface area contributed by atoms with E-state index in [0.717, 1.165) is 11.3 Å². The summed E-state index contributed by atoms with van der Waals surface area (Å²) in [6.45, 7) is 4.45. The van der Waals surface area contributed by atoms with Crippen LogP contribution >= 0.6 is 15.9 Å². The third-order valence-electron chi connectivity index (χ3n) is 3.07. The lowest BCUT2D eigenvalue weighted by molar-refractivity contribution is 0.414. The van der Waals surface area contributed by atoms with Crippen molar-refractivity contribution < 1.29 is 4.74 Å². The van der Waals surface area contributed by atoms with Gasteiger partial charge in [-0.2, -0.15) is 5.10 Å². The average Bonchev–Trinajstić information content (AvgIpc) is 2.49. The molecule has 1 heterocycles. The highest BCUT2D eigenvalue weighted by molar-refractivity contribution is 9.10. The maximum Gasteiger partial charge on any atom is 0.283 e. The fraction of sp³-hybridized carbons (Fsp3) is 0.333. The number of hydrogen-bond donors (Lipinski definition) is 1. The Kier molecular flexibility index (Phi) is 5.01. The second kappa shape index (κ2) is 6.76. The fourth-order valence-corrected chi connectivity index (χ4v) is 2.30. The smallest absolute Gasteiger partial charge is 0.283 e. The van der Waals surface area contributed by atoms with Crippen molar-refractivity contribution in [2.45, 2.75) is 26.4 Å². The number of hydrogen-bond acceptors (Lipinski definition) is 4. The molecular formula is C15H18BrN3O2. The largest absolute Gasteiger partial charge is 0.497 e. The molecule has 0 amide bonds. The number of nitrogens with zero attached hydrogens (tertiary/aromatic N) is 2. The van der Waals surface area contributed by atoms with Gasteiger partial charge in [-0.3, -0.25) is 4.79 Å². The van der Waals surface area contributed by atoms with Crippen LogP contribution in [0.1, 0.15) is 25.5 Å². The minimum Gasteiger partial charge on any atom is -0.497 e. The summed E-state index contributed by atoms with van der Waals surface area (Å²) in [6.07, 6.45) is 1.66. The summed E-state index contributed by atoms with van der Waals surface area (Å²) in [4.78, 5) is 12.1. The lowest BCUT2D eigenvalue weighted by Crippen LogP contribution is -2.26. The standard InChI is InChI=1S/C15H18BrN3O2/c1-10(2)19-15(20)14(16)13(9-18-19)17-8-11-4-6-12(21-3)7-5-11/h4-7,9-10,17H,8H2,1-3H3. The van der Waals surface area contributed by atoms with Gasteiger partial charge in [0.2, 0.25) is 0 Å². The van der Waals surface area contributed by atoms with Crippen molar-refractivity contribution in [2.75, 3.05) is 12.4 Å². The molecule has 0 aliphatic heterocycles. The topological polar surface area (TPSA) is 56.1 Å². The van der Waals surface area contributed by atoms with Crippen LogP contribution in [0.4, 0.5) is 5.69 Å². The fourth-order valence-electron chi connectivity index (χ4n) is 1.88. The van der Waals surface area contributed by atoms with Crippen LogP contribution < -0.4 is 15.6 Å². The van der Waals surface area contributed by atoms with Gasteiger partial charge >= 0.3 is 0 Å². The summed E-state index contributed by atoms with van der Waals surface area (Å²) in [5.74, 6) is 0.820.